The first-order valence-corrected chi connectivity index (χ1v) is 14.5. The van der Waals surface area contributed by atoms with Crippen LogP contribution in [0.5, 0.6) is 6.01 Å². The van der Waals surface area contributed by atoms with Gasteiger partial charge in [-0.15, -0.1) is 11.3 Å². The molecule has 1 aromatic carbocycles. The van der Waals surface area contributed by atoms with Gasteiger partial charge in [-0.1, -0.05) is 0 Å². The summed E-state index contributed by atoms with van der Waals surface area (Å²) >= 11 is 0.848. The SMILES string of the molecule is CN1CC[C@@H](COc2nc(NCC3(N(C)C)CCC3)c3cnc(-c4cc(F)c(F)c5sc(N)c(C#N)c45)cc3n2)C1. The number of ether oxygens (including phenoxy) is 1. The van der Waals surface area contributed by atoms with Crippen molar-refractivity contribution in [2.75, 3.05) is 58.4 Å². The van der Waals surface area contributed by atoms with Crippen LogP contribution in [-0.2, 0) is 0 Å². The number of halogens is 2. The molecule has 0 spiro atoms. The van der Waals surface area contributed by atoms with Gasteiger partial charge in [-0.25, -0.2) is 8.78 Å². The number of thiophene rings is 1. The fourth-order valence-electron chi connectivity index (χ4n) is 5.86. The highest BCUT2D eigenvalue weighted by Crippen LogP contribution is 2.42. The lowest BCUT2D eigenvalue weighted by molar-refractivity contribution is 0.0738. The van der Waals surface area contributed by atoms with E-state index >= 15 is 0 Å². The lowest BCUT2D eigenvalue weighted by Gasteiger charge is -2.47. The Bertz CT molecular complexity index is 1680. The van der Waals surface area contributed by atoms with Crippen LogP contribution in [0.1, 0.15) is 31.2 Å². The second-order valence-electron chi connectivity index (χ2n) is 11.4. The van der Waals surface area contributed by atoms with Crippen LogP contribution >= 0.6 is 11.3 Å². The van der Waals surface area contributed by atoms with E-state index in [1.54, 1.807) is 12.3 Å². The summed E-state index contributed by atoms with van der Waals surface area (Å²) in [5.74, 6) is -1.07. The monoisotopic (exact) mass is 578 g/mol. The number of hydrogen-bond acceptors (Lipinski definition) is 10. The standard InChI is InChI=1S/C29H32F2N8OS/c1-38(2)29(6-4-7-29)15-35-27-19-12-34-21(10-22(19)36-28(37-27)40-14-16-5-8-39(3)13-16)17-9-20(30)24(31)25-23(17)18(11-32)26(33)41-25/h9-10,12,16H,4-8,13-15,33H2,1-3H3,(H,35,36,37)/t16-/m1/s1. The summed E-state index contributed by atoms with van der Waals surface area (Å²) in [6.07, 6.45) is 6.04. The smallest absolute Gasteiger partial charge is 0.318 e. The van der Waals surface area contributed by atoms with E-state index in [-0.39, 0.29) is 37.8 Å². The minimum absolute atomic E-state index is 0.0129. The van der Waals surface area contributed by atoms with Crippen LogP contribution in [0, 0.1) is 28.9 Å². The number of pyridine rings is 1. The molecule has 4 heterocycles. The molecule has 0 amide bonds. The summed E-state index contributed by atoms with van der Waals surface area (Å²) in [6.45, 7) is 3.18. The molecule has 41 heavy (non-hydrogen) atoms. The number of nitrogens with two attached hydrogens (primary N) is 1. The van der Waals surface area contributed by atoms with Crippen molar-refractivity contribution in [3.8, 4) is 23.3 Å². The molecule has 12 heteroatoms. The van der Waals surface area contributed by atoms with Gasteiger partial charge < -0.3 is 25.6 Å². The quantitative estimate of drug-likeness (QED) is 0.302. The van der Waals surface area contributed by atoms with Gasteiger partial charge in [0.05, 0.1) is 33.5 Å². The molecule has 1 atom stereocenters. The number of nitrogen functional groups attached to an aromatic ring is 1. The number of benzene rings is 1. The van der Waals surface area contributed by atoms with Crippen molar-refractivity contribution in [2.24, 2.45) is 5.92 Å². The lowest BCUT2D eigenvalue weighted by Crippen LogP contribution is -2.54. The molecule has 1 aliphatic carbocycles. The number of nitriles is 1. The van der Waals surface area contributed by atoms with Crippen molar-refractivity contribution < 1.29 is 13.5 Å². The van der Waals surface area contributed by atoms with Crippen LogP contribution in [0.2, 0.25) is 0 Å². The van der Waals surface area contributed by atoms with Crippen LogP contribution in [0.3, 0.4) is 0 Å². The molecule has 3 N–H and O–H groups in total. The van der Waals surface area contributed by atoms with Crippen molar-refractivity contribution in [2.45, 2.75) is 31.2 Å². The van der Waals surface area contributed by atoms with Crippen molar-refractivity contribution in [3.05, 3.63) is 35.5 Å². The second kappa shape index (κ2) is 10.6. The van der Waals surface area contributed by atoms with Gasteiger partial charge >= 0.3 is 6.01 Å². The predicted molar refractivity (Wildman–Crippen MR) is 157 cm³/mol. The number of nitrogens with one attached hydrogen (secondary N) is 1. The van der Waals surface area contributed by atoms with Gasteiger partial charge in [-0.3, -0.25) is 4.98 Å². The zero-order valence-electron chi connectivity index (χ0n) is 23.3. The van der Waals surface area contributed by atoms with Crippen LogP contribution in [0.4, 0.5) is 19.6 Å². The number of rotatable bonds is 8. The fraction of sp³-hybridized carbons (Fsp3) is 0.448. The number of nitrogens with zero attached hydrogens (tertiary/aromatic N) is 6. The molecule has 3 aromatic heterocycles. The zero-order valence-corrected chi connectivity index (χ0v) is 24.1. The van der Waals surface area contributed by atoms with Crippen molar-refractivity contribution in [3.63, 3.8) is 0 Å². The highest BCUT2D eigenvalue weighted by Gasteiger charge is 2.39. The Morgan fingerprint density at radius 2 is 2.10 bits per heavy atom. The lowest BCUT2D eigenvalue weighted by atomic mass is 9.75. The molecule has 0 unspecified atom stereocenters. The molecule has 0 radical (unpaired) electrons. The Labute approximate surface area is 240 Å². The fourth-order valence-corrected chi connectivity index (χ4v) is 6.84. The number of likely N-dealkylation sites (tertiary alicyclic amines) is 1. The van der Waals surface area contributed by atoms with E-state index in [2.05, 4.69) is 41.2 Å². The molecule has 1 saturated heterocycles. The van der Waals surface area contributed by atoms with E-state index in [0.29, 0.717) is 41.5 Å². The summed E-state index contributed by atoms with van der Waals surface area (Å²) in [5, 5.41) is 14.3. The van der Waals surface area contributed by atoms with Crippen molar-refractivity contribution in [1.29, 1.82) is 5.26 Å². The highest BCUT2D eigenvalue weighted by atomic mass is 32.1. The van der Waals surface area contributed by atoms with Gasteiger partial charge in [0, 0.05) is 41.7 Å². The molecule has 9 nitrogen and oxygen atoms in total. The van der Waals surface area contributed by atoms with Gasteiger partial charge in [0.1, 0.15) is 16.9 Å². The van der Waals surface area contributed by atoms with Crippen molar-refractivity contribution in [1.82, 2.24) is 24.8 Å². The number of likely N-dealkylation sites (N-methyl/N-ethyl adjacent to an activating group) is 1. The topological polar surface area (TPSA) is 116 Å². The second-order valence-corrected chi connectivity index (χ2v) is 12.4. The summed E-state index contributed by atoms with van der Waals surface area (Å²) in [4.78, 5) is 18.5. The summed E-state index contributed by atoms with van der Waals surface area (Å²) in [7, 11) is 6.28. The maximum absolute atomic E-state index is 14.7. The van der Waals surface area contributed by atoms with E-state index in [4.69, 9.17) is 20.4 Å². The molecule has 2 fully saturated rings. The molecule has 4 aromatic rings. The minimum Gasteiger partial charge on any atom is -0.463 e. The first-order chi connectivity index (χ1) is 19.7. The maximum Gasteiger partial charge on any atom is 0.318 e. The molecule has 2 aliphatic rings. The maximum atomic E-state index is 14.7. The molecule has 0 bridgehead atoms. The summed E-state index contributed by atoms with van der Waals surface area (Å²) < 4.78 is 35.5. The third-order valence-corrected chi connectivity index (χ3v) is 9.60. The van der Waals surface area contributed by atoms with Crippen LogP contribution in [0.15, 0.2) is 18.3 Å². The molecule has 1 aliphatic heterocycles. The minimum atomic E-state index is -1.04. The largest absolute Gasteiger partial charge is 0.463 e. The van der Waals surface area contributed by atoms with Crippen LogP contribution in [-0.4, -0.2) is 77.7 Å². The number of aromatic nitrogens is 3. The van der Waals surface area contributed by atoms with E-state index < -0.39 is 11.6 Å². The van der Waals surface area contributed by atoms with Gasteiger partial charge in [-0.2, -0.15) is 15.2 Å². The predicted octanol–water partition coefficient (Wildman–Crippen LogP) is 4.87. The van der Waals surface area contributed by atoms with Gasteiger partial charge in [0.15, 0.2) is 11.6 Å². The van der Waals surface area contributed by atoms with E-state index in [0.717, 1.165) is 49.8 Å². The van der Waals surface area contributed by atoms with E-state index in [9.17, 15) is 14.0 Å². The summed E-state index contributed by atoms with van der Waals surface area (Å²) in [5.41, 5.74) is 7.30. The molecule has 1 saturated carbocycles. The summed E-state index contributed by atoms with van der Waals surface area (Å²) in [6, 6.07) is 5.04. The number of hydrogen-bond donors (Lipinski definition) is 2. The average Bonchev–Trinajstić information content (AvgIpc) is 3.50. The third kappa shape index (κ3) is 4.92. The van der Waals surface area contributed by atoms with Crippen molar-refractivity contribution >= 4 is 43.1 Å². The molecular weight excluding hydrogens is 546 g/mol. The first-order valence-electron chi connectivity index (χ1n) is 13.7. The van der Waals surface area contributed by atoms with E-state index in [1.165, 1.54) is 6.42 Å². The van der Waals surface area contributed by atoms with Crippen LogP contribution in [0.25, 0.3) is 32.2 Å². The van der Waals surface area contributed by atoms with Gasteiger partial charge in [0.2, 0.25) is 0 Å². The highest BCUT2D eigenvalue weighted by molar-refractivity contribution is 7.23. The Morgan fingerprint density at radius 1 is 1.29 bits per heavy atom. The molecular formula is C29H32F2N8OS. The van der Waals surface area contributed by atoms with E-state index in [1.807, 2.05) is 6.07 Å². The Morgan fingerprint density at radius 3 is 2.76 bits per heavy atom. The number of fused-ring (bicyclic) bond motifs is 2. The third-order valence-electron chi connectivity index (χ3n) is 8.59. The first kappa shape index (κ1) is 27.5. The Hall–Kier alpha value is -3.66. The molecule has 6 rings (SSSR count). The average molecular weight is 579 g/mol. The zero-order chi connectivity index (χ0) is 28.9. The normalized spacial score (nSPS) is 18.6. The van der Waals surface area contributed by atoms with Gasteiger partial charge in [-0.05, 0) is 65.5 Å². The Balaban J connectivity index is 1.43. The van der Waals surface area contributed by atoms with Crippen LogP contribution < -0.4 is 15.8 Å². The Kier molecular flexibility index (Phi) is 7.13. The van der Waals surface area contributed by atoms with Gasteiger partial charge in [0.25, 0.3) is 0 Å². The molecule has 214 valence electrons. The number of anilines is 2.